The highest BCUT2D eigenvalue weighted by atomic mass is 16.6. The fourth-order valence-corrected chi connectivity index (χ4v) is 4.08. The van der Waals surface area contributed by atoms with Crippen molar-refractivity contribution in [2.45, 2.75) is 19.9 Å². The topological polar surface area (TPSA) is 117 Å². The molecule has 34 heavy (non-hydrogen) atoms. The average molecular weight is 456 g/mol. The van der Waals surface area contributed by atoms with Crippen LogP contribution in [-0.4, -0.2) is 42.5 Å². The molecular weight excluding hydrogens is 436 g/mol. The van der Waals surface area contributed by atoms with Gasteiger partial charge in [0.15, 0.2) is 11.5 Å². The Kier molecular flexibility index (Phi) is 4.65. The molecule has 5 heterocycles. The van der Waals surface area contributed by atoms with E-state index in [1.165, 1.54) is 4.57 Å². The Hall–Kier alpha value is -4.47. The molecule has 0 aliphatic carbocycles. The number of nitrogens with zero attached hydrogens (tertiary/aromatic N) is 5. The fourth-order valence-electron chi connectivity index (χ4n) is 4.08. The number of rotatable bonds is 4. The fraction of sp³-hybridized carbons (Fsp3) is 0.208. The lowest BCUT2D eigenvalue weighted by Gasteiger charge is -2.19. The molecule has 1 aromatic carbocycles. The van der Waals surface area contributed by atoms with Crippen LogP contribution in [0.25, 0.3) is 27.8 Å². The van der Waals surface area contributed by atoms with Crippen molar-refractivity contribution in [3.63, 3.8) is 0 Å². The second-order valence-electron chi connectivity index (χ2n) is 8.01. The van der Waals surface area contributed by atoms with Crippen molar-refractivity contribution >= 4 is 21.8 Å². The highest BCUT2D eigenvalue weighted by Crippen LogP contribution is 2.31. The van der Waals surface area contributed by atoms with Crippen molar-refractivity contribution in [2.24, 2.45) is 0 Å². The Morgan fingerprint density at radius 2 is 1.68 bits per heavy atom. The maximum Gasteiger partial charge on any atom is 0.267 e. The molecule has 5 aromatic rings. The summed E-state index contributed by atoms with van der Waals surface area (Å²) in [6, 6.07) is 10.7. The molecule has 0 spiro atoms. The van der Waals surface area contributed by atoms with Crippen LogP contribution in [0.5, 0.6) is 11.5 Å². The molecule has 6 rings (SSSR count). The van der Waals surface area contributed by atoms with Crippen LogP contribution in [0.4, 0.5) is 0 Å². The lowest BCUT2D eigenvalue weighted by Crippen LogP contribution is -2.22. The standard InChI is InChI=1S/C24H20N6O4/c1-2-21-26-24(28-27-21)30-8-6-18-16(23(30)32)12-15-17(25-18)5-7-29(22(15)31)13-14-3-4-19-20(11-14)34-10-9-33-19/h3-8,11-12H,2,9-10,13H2,1H3,(H,26,27,28). The zero-order chi connectivity index (χ0) is 23.2. The summed E-state index contributed by atoms with van der Waals surface area (Å²) >= 11 is 0. The van der Waals surface area contributed by atoms with E-state index < -0.39 is 0 Å². The number of aryl methyl sites for hydroxylation is 1. The number of aromatic nitrogens is 6. The Morgan fingerprint density at radius 3 is 2.47 bits per heavy atom. The minimum Gasteiger partial charge on any atom is -0.486 e. The number of aromatic amines is 1. The maximum atomic E-state index is 13.3. The highest BCUT2D eigenvalue weighted by Gasteiger charge is 2.15. The maximum absolute atomic E-state index is 13.3. The van der Waals surface area contributed by atoms with Gasteiger partial charge in [-0.05, 0) is 35.9 Å². The van der Waals surface area contributed by atoms with Gasteiger partial charge in [0.25, 0.3) is 17.1 Å². The van der Waals surface area contributed by atoms with Gasteiger partial charge in [0.1, 0.15) is 19.0 Å². The van der Waals surface area contributed by atoms with Gasteiger partial charge in [0.05, 0.1) is 28.4 Å². The number of ether oxygens (including phenoxy) is 2. The molecule has 170 valence electrons. The molecule has 1 aliphatic rings. The lowest BCUT2D eigenvalue weighted by molar-refractivity contribution is 0.171. The monoisotopic (exact) mass is 456 g/mol. The summed E-state index contributed by atoms with van der Waals surface area (Å²) < 4.78 is 14.2. The van der Waals surface area contributed by atoms with Crippen molar-refractivity contribution in [2.75, 3.05) is 13.2 Å². The predicted octanol–water partition coefficient (Wildman–Crippen LogP) is 2.20. The number of hydrogen-bond donors (Lipinski definition) is 1. The molecule has 0 fully saturated rings. The molecule has 0 atom stereocenters. The summed E-state index contributed by atoms with van der Waals surface area (Å²) in [7, 11) is 0. The third-order valence-electron chi connectivity index (χ3n) is 5.85. The predicted molar refractivity (Wildman–Crippen MR) is 125 cm³/mol. The summed E-state index contributed by atoms with van der Waals surface area (Å²) in [5, 5.41) is 7.62. The molecule has 0 saturated carbocycles. The van der Waals surface area contributed by atoms with E-state index in [4.69, 9.17) is 9.47 Å². The van der Waals surface area contributed by atoms with Crippen LogP contribution in [-0.2, 0) is 13.0 Å². The van der Waals surface area contributed by atoms with Crippen molar-refractivity contribution in [3.05, 3.63) is 80.9 Å². The first-order valence-electron chi connectivity index (χ1n) is 11.0. The molecule has 0 bridgehead atoms. The quantitative estimate of drug-likeness (QED) is 0.412. The first-order chi connectivity index (χ1) is 16.6. The van der Waals surface area contributed by atoms with Crippen molar-refractivity contribution in [1.29, 1.82) is 0 Å². The van der Waals surface area contributed by atoms with Crippen LogP contribution in [0.15, 0.2) is 58.4 Å². The molecule has 0 saturated heterocycles. The molecule has 0 unspecified atom stereocenters. The highest BCUT2D eigenvalue weighted by molar-refractivity contribution is 5.91. The van der Waals surface area contributed by atoms with Gasteiger partial charge in [-0.2, -0.15) is 4.98 Å². The van der Waals surface area contributed by atoms with Gasteiger partial charge < -0.3 is 14.0 Å². The van der Waals surface area contributed by atoms with Crippen LogP contribution in [0.2, 0.25) is 0 Å². The Balaban J connectivity index is 1.44. The molecule has 10 heteroatoms. The molecule has 1 aliphatic heterocycles. The van der Waals surface area contributed by atoms with E-state index in [1.54, 1.807) is 35.2 Å². The Bertz CT molecular complexity index is 1680. The first kappa shape index (κ1) is 20.2. The molecule has 4 aromatic heterocycles. The van der Waals surface area contributed by atoms with Crippen LogP contribution >= 0.6 is 0 Å². The summed E-state index contributed by atoms with van der Waals surface area (Å²) in [6.07, 6.45) is 3.97. The minimum absolute atomic E-state index is 0.234. The Morgan fingerprint density at radius 1 is 0.912 bits per heavy atom. The lowest BCUT2D eigenvalue weighted by atomic mass is 10.1. The third-order valence-corrected chi connectivity index (χ3v) is 5.85. The van der Waals surface area contributed by atoms with E-state index in [2.05, 4.69) is 20.2 Å². The Labute approximate surface area is 192 Å². The summed E-state index contributed by atoms with van der Waals surface area (Å²) in [5.74, 6) is 2.31. The number of benzene rings is 1. The first-order valence-corrected chi connectivity index (χ1v) is 11.0. The van der Waals surface area contributed by atoms with Gasteiger partial charge in [-0.1, -0.05) is 13.0 Å². The largest absolute Gasteiger partial charge is 0.486 e. The second-order valence-corrected chi connectivity index (χ2v) is 8.01. The van der Waals surface area contributed by atoms with E-state index in [0.29, 0.717) is 65.3 Å². The van der Waals surface area contributed by atoms with E-state index >= 15 is 0 Å². The minimum atomic E-state index is -0.338. The van der Waals surface area contributed by atoms with Gasteiger partial charge >= 0.3 is 0 Å². The number of H-pyrrole nitrogens is 1. The molecule has 0 amide bonds. The number of nitrogens with one attached hydrogen (secondary N) is 1. The number of hydrogen-bond acceptors (Lipinski definition) is 7. The van der Waals surface area contributed by atoms with Crippen LogP contribution in [0, 0.1) is 0 Å². The zero-order valence-corrected chi connectivity index (χ0v) is 18.3. The van der Waals surface area contributed by atoms with E-state index in [0.717, 1.165) is 5.56 Å². The SMILES string of the molecule is CCc1nc(-n2ccc3nc4ccn(Cc5ccc6c(c5)OCCO6)c(=O)c4cc3c2=O)n[nH]1. The smallest absolute Gasteiger partial charge is 0.267 e. The van der Waals surface area contributed by atoms with Gasteiger partial charge in [0, 0.05) is 18.8 Å². The van der Waals surface area contributed by atoms with Gasteiger partial charge in [0.2, 0.25) is 0 Å². The molecular formula is C24H20N6O4. The third kappa shape index (κ3) is 3.31. The van der Waals surface area contributed by atoms with E-state index in [9.17, 15) is 9.59 Å². The van der Waals surface area contributed by atoms with Crippen LogP contribution in [0.3, 0.4) is 0 Å². The zero-order valence-electron chi connectivity index (χ0n) is 18.3. The molecule has 10 nitrogen and oxygen atoms in total. The van der Waals surface area contributed by atoms with E-state index in [-0.39, 0.29) is 17.1 Å². The van der Waals surface area contributed by atoms with Crippen LogP contribution < -0.4 is 20.6 Å². The summed E-state index contributed by atoms with van der Waals surface area (Å²) in [4.78, 5) is 35.4. The summed E-state index contributed by atoms with van der Waals surface area (Å²) in [5.41, 5.74) is 1.36. The van der Waals surface area contributed by atoms with Gasteiger partial charge in [-0.25, -0.2) is 9.55 Å². The second kappa shape index (κ2) is 7.84. The molecule has 0 radical (unpaired) electrons. The number of fused-ring (bicyclic) bond motifs is 3. The summed E-state index contributed by atoms with van der Waals surface area (Å²) in [6.45, 7) is 3.31. The van der Waals surface area contributed by atoms with Crippen LogP contribution in [0.1, 0.15) is 18.3 Å². The van der Waals surface area contributed by atoms with Crippen molar-refractivity contribution in [3.8, 4) is 17.4 Å². The number of pyridine rings is 3. The van der Waals surface area contributed by atoms with E-state index in [1.807, 2.05) is 25.1 Å². The average Bonchev–Trinajstić information content (AvgIpc) is 3.34. The molecule has 1 N–H and O–H groups in total. The van der Waals surface area contributed by atoms with Crippen molar-refractivity contribution < 1.29 is 9.47 Å². The van der Waals surface area contributed by atoms with Gasteiger partial charge in [-0.3, -0.25) is 14.7 Å². The van der Waals surface area contributed by atoms with Gasteiger partial charge in [-0.15, -0.1) is 5.10 Å². The van der Waals surface area contributed by atoms with Crippen molar-refractivity contribution in [1.82, 2.24) is 29.3 Å². The normalized spacial score (nSPS) is 13.0.